The highest BCUT2D eigenvalue weighted by atomic mass is 35.5. The molecule has 1 spiro atoms. The van der Waals surface area contributed by atoms with Gasteiger partial charge in [0.25, 0.3) is 0 Å². The molecule has 2 saturated heterocycles. The van der Waals surface area contributed by atoms with Crippen molar-refractivity contribution in [1.82, 2.24) is 14.7 Å². The van der Waals surface area contributed by atoms with Crippen molar-refractivity contribution in [2.24, 2.45) is 16.7 Å². The second-order valence-corrected chi connectivity index (χ2v) is 10.0. The monoisotopic (exact) mass is 446 g/mol. The zero-order valence-electron chi connectivity index (χ0n) is 18.5. The third-order valence-electron chi connectivity index (χ3n) is 7.75. The lowest BCUT2D eigenvalue weighted by Gasteiger charge is -2.44. The highest BCUT2D eigenvalue weighted by Crippen LogP contribution is 2.62. The fourth-order valence-electron chi connectivity index (χ4n) is 6.12. The molecule has 3 aliphatic rings. The molecule has 4 amide bonds. The van der Waals surface area contributed by atoms with Crippen LogP contribution in [0, 0.1) is 16.7 Å². The minimum absolute atomic E-state index is 0.00268. The third-order valence-corrected chi connectivity index (χ3v) is 7.99. The van der Waals surface area contributed by atoms with Crippen molar-refractivity contribution < 1.29 is 14.4 Å². The maximum Gasteiger partial charge on any atom is 0.321 e. The largest absolute Gasteiger partial charge is 0.348 e. The smallest absolute Gasteiger partial charge is 0.321 e. The summed E-state index contributed by atoms with van der Waals surface area (Å²) >= 11 is 6.02. The summed E-state index contributed by atoms with van der Waals surface area (Å²) in [6.45, 7) is 4.04. The van der Waals surface area contributed by atoms with Crippen LogP contribution in [0.1, 0.15) is 32.6 Å². The predicted octanol–water partition coefficient (Wildman–Crippen LogP) is 3.30. The summed E-state index contributed by atoms with van der Waals surface area (Å²) in [5.41, 5.74) is 0.199. The molecule has 168 valence electrons. The average molecular weight is 447 g/mol. The standard InChI is InChI=1S/C23H31ClN4O3/c1-16(29)28-14-19-22(7-8-23(19,15-28)20(30)26(2)3)9-11-27(12-10-22)21(31)25-18-6-4-5-17(24)13-18/h4-6,13,19H,7-12,14-15H2,1-3H3,(H,25,31)/t19-,23+/m0/s1. The van der Waals surface area contributed by atoms with Gasteiger partial charge in [-0.1, -0.05) is 17.7 Å². The van der Waals surface area contributed by atoms with E-state index in [1.807, 2.05) is 21.9 Å². The van der Waals surface area contributed by atoms with E-state index in [1.54, 1.807) is 38.1 Å². The van der Waals surface area contributed by atoms with Crippen LogP contribution < -0.4 is 5.32 Å². The van der Waals surface area contributed by atoms with Gasteiger partial charge in [0.2, 0.25) is 11.8 Å². The molecule has 1 aromatic rings. The Morgan fingerprint density at radius 3 is 2.42 bits per heavy atom. The van der Waals surface area contributed by atoms with Gasteiger partial charge in [-0.25, -0.2) is 4.79 Å². The van der Waals surface area contributed by atoms with Gasteiger partial charge in [-0.3, -0.25) is 9.59 Å². The van der Waals surface area contributed by atoms with E-state index in [1.165, 1.54) is 0 Å². The molecule has 2 atom stereocenters. The molecule has 1 aliphatic carbocycles. The lowest BCUT2D eigenvalue weighted by Crippen LogP contribution is -2.50. The molecule has 4 rings (SSSR count). The van der Waals surface area contributed by atoms with Crippen LogP contribution >= 0.6 is 11.6 Å². The Morgan fingerprint density at radius 2 is 1.81 bits per heavy atom. The SMILES string of the molecule is CC(=O)N1C[C@H]2C3(CCN(C(=O)Nc4cccc(Cl)c4)CC3)CC[C@@]2(C(=O)N(C)C)C1. The van der Waals surface area contributed by atoms with Crippen LogP contribution in [-0.4, -0.2) is 72.8 Å². The number of nitrogens with zero attached hydrogens (tertiary/aromatic N) is 3. The first kappa shape index (κ1) is 21.9. The first-order chi connectivity index (χ1) is 14.7. The minimum atomic E-state index is -0.486. The molecular weight excluding hydrogens is 416 g/mol. The Bertz CT molecular complexity index is 897. The van der Waals surface area contributed by atoms with Crippen LogP contribution in [-0.2, 0) is 9.59 Å². The summed E-state index contributed by atoms with van der Waals surface area (Å²) in [7, 11) is 3.61. The number of piperidine rings is 1. The van der Waals surface area contributed by atoms with Gasteiger partial charge >= 0.3 is 6.03 Å². The third kappa shape index (κ3) is 3.77. The highest BCUT2D eigenvalue weighted by molar-refractivity contribution is 6.30. The molecule has 0 bridgehead atoms. The molecule has 2 aliphatic heterocycles. The van der Waals surface area contributed by atoms with Crippen LogP contribution in [0.2, 0.25) is 5.02 Å². The molecule has 7 nitrogen and oxygen atoms in total. The Hall–Kier alpha value is -2.28. The van der Waals surface area contributed by atoms with Gasteiger partial charge in [0, 0.05) is 57.9 Å². The fraction of sp³-hybridized carbons (Fsp3) is 0.609. The van der Waals surface area contributed by atoms with Gasteiger partial charge in [0.05, 0.1) is 5.41 Å². The average Bonchev–Trinajstić information content (AvgIpc) is 3.25. The molecule has 0 radical (unpaired) electrons. The molecular formula is C23H31ClN4O3. The van der Waals surface area contributed by atoms with Gasteiger partial charge < -0.3 is 20.0 Å². The van der Waals surface area contributed by atoms with E-state index in [0.29, 0.717) is 36.9 Å². The quantitative estimate of drug-likeness (QED) is 0.757. The molecule has 31 heavy (non-hydrogen) atoms. The summed E-state index contributed by atoms with van der Waals surface area (Å²) in [5, 5.41) is 3.51. The van der Waals surface area contributed by atoms with Gasteiger partial charge in [0.1, 0.15) is 0 Å². The van der Waals surface area contributed by atoms with Crippen molar-refractivity contribution >= 4 is 35.1 Å². The summed E-state index contributed by atoms with van der Waals surface area (Å²) in [6, 6.07) is 7.02. The van der Waals surface area contributed by atoms with Crippen molar-refractivity contribution in [2.75, 3.05) is 45.6 Å². The number of nitrogens with one attached hydrogen (secondary N) is 1. The van der Waals surface area contributed by atoms with Gasteiger partial charge in [-0.2, -0.15) is 0 Å². The molecule has 1 aromatic carbocycles. The number of halogens is 1. The first-order valence-corrected chi connectivity index (χ1v) is 11.3. The Kier molecular flexibility index (Phi) is 5.66. The van der Waals surface area contributed by atoms with Gasteiger partial charge in [0.15, 0.2) is 0 Å². The van der Waals surface area contributed by atoms with E-state index in [-0.39, 0.29) is 29.2 Å². The number of carbonyl (C=O) groups excluding carboxylic acids is 3. The molecule has 2 heterocycles. The van der Waals surface area contributed by atoms with Crippen LogP contribution in [0.3, 0.4) is 0 Å². The summed E-state index contributed by atoms with van der Waals surface area (Å²) in [4.78, 5) is 43.6. The van der Waals surface area contributed by atoms with Crippen LogP contribution in [0.15, 0.2) is 24.3 Å². The van der Waals surface area contributed by atoms with Crippen molar-refractivity contribution in [1.29, 1.82) is 0 Å². The number of anilines is 1. The normalized spacial score (nSPS) is 26.6. The van der Waals surface area contributed by atoms with E-state index in [4.69, 9.17) is 11.6 Å². The molecule has 8 heteroatoms. The number of benzene rings is 1. The number of carbonyl (C=O) groups is 3. The summed E-state index contributed by atoms with van der Waals surface area (Å²) in [6.07, 6.45) is 3.50. The lowest BCUT2D eigenvalue weighted by atomic mass is 9.65. The van der Waals surface area contributed by atoms with E-state index in [9.17, 15) is 14.4 Å². The van der Waals surface area contributed by atoms with E-state index in [2.05, 4.69) is 5.32 Å². The van der Waals surface area contributed by atoms with Crippen LogP contribution in [0.5, 0.6) is 0 Å². The summed E-state index contributed by atoms with van der Waals surface area (Å²) < 4.78 is 0. The predicted molar refractivity (Wildman–Crippen MR) is 120 cm³/mol. The van der Waals surface area contributed by atoms with Gasteiger partial charge in [-0.15, -0.1) is 0 Å². The fourth-order valence-corrected chi connectivity index (χ4v) is 6.31. The maximum atomic E-state index is 13.2. The van der Waals surface area contributed by atoms with Crippen LogP contribution in [0.25, 0.3) is 0 Å². The number of amides is 4. The van der Waals surface area contributed by atoms with E-state index >= 15 is 0 Å². The zero-order valence-corrected chi connectivity index (χ0v) is 19.2. The van der Waals surface area contributed by atoms with Crippen molar-refractivity contribution in [3.05, 3.63) is 29.3 Å². The highest BCUT2D eigenvalue weighted by Gasteiger charge is 2.65. The number of likely N-dealkylation sites (tertiary alicyclic amines) is 2. The maximum absolute atomic E-state index is 13.2. The number of urea groups is 1. The zero-order chi connectivity index (χ0) is 22.4. The molecule has 0 aromatic heterocycles. The molecule has 1 N–H and O–H groups in total. The lowest BCUT2D eigenvalue weighted by molar-refractivity contribution is -0.141. The number of fused-ring (bicyclic) bond motifs is 2. The van der Waals surface area contributed by atoms with E-state index < -0.39 is 5.41 Å². The van der Waals surface area contributed by atoms with Gasteiger partial charge in [-0.05, 0) is 55.2 Å². The van der Waals surface area contributed by atoms with Crippen molar-refractivity contribution in [2.45, 2.75) is 32.6 Å². The molecule has 3 fully saturated rings. The Morgan fingerprint density at radius 1 is 1.10 bits per heavy atom. The number of hydrogen-bond acceptors (Lipinski definition) is 3. The second kappa shape index (κ2) is 8.01. The Balaban J connectivity index is 1.48. The summed E-state index contributed by atoms with van der Waals surface area (Å²) in [5.74, 6) is 0.324. The molecule has 1 saturated carbocycles. The van der Waals surface area contributed by atoms with Crippen molar-refractivity contribution in [3.63, 3.8) is 0 Å². The van der Waals surface area contributed by atoms with Crippen LogP contribution in [0.4, 0.5) is 10.5 Å². The van der Waals surface area contributed by atoms with Crippen molar-refractivity contribution in [3.8, 4) is 0 Å². The number of hydrogen-bond donors (Lipinski definition) is 1. The Labute approximate surface area is 188 Å². The first-order valence-electron chi connectivity index (χ1n) is 11.0. The molecule has 0 unspecified atom stereocenters. The minimum Gasteiger partial charge on any atom is -0.348 e. The van der Waals surface area contributed by atoms with E-state index in [0.717, 1.165) is 25.7 Å². The topological polar surface area (TPSA) is 73.0 Å². The second-order valence-electron chi connectivity index (χ2n) is 9.60. The number of rotatable bonds is 2.